The number of carbonyl (C=O) groups is 1. The Labute approximate surface area is 81.4 Å². The summed E-state index contributed by atoms with van der Waals surface area (Å²) in [5, 5.41) is 0. The summed E-state index contributed by atoms with van der Waals surface area (Å²) < 4.78 is 4.88. The van der Waals surface area contributed by atoms with E-state index in [2.05, 4.69) is 0 Å². The summed E-state index contributed by atoms with van der Waals surface area (Å²) in [6, 6.07) is 13.1. The summed E-state index contributed by atoms with van der Waals surface area (Å²) >= 11 is 0. The topological polar surface area (TPSA) is 52.3 Å². The predicted octanol–water partition coefficient (Wildman–Crippen LogP) is 2.25. The highest BCUT2D eigenvalue weighted by atomic mass is 16.5. The molecular formula is C11H9NO2. The van der Waals surface area contributed by atoms with E-state index in [1.54, 1.807) is 12.1 Å². The van der Waals surface area contributed by atoms with Crippen LogP contribution in [0.25, 0.3) is 11.1 Å². The molecule has 3 heteroatoms. The molecular weight excluding hydrogens is 178 g/mol. The van der Waals surface area contributed by atoms with E-state index in [1.807, 2.05) is 30.3 Å². The molecule has 0 bridgehead atoms. The molecule has 0 aliphatic heterocycles. The van der Waals surface area contributed by atoms with Crippen molar-refractivity contribution < 1.29 is 9.53 Å². The van der Waals surface area contributed by atoms with Crippen LogP contribution in [0, 0.1) is 0 Å². The monoisotopic (exact) mass is 187 g/mol. The zero-order valence-corrected chi connectivity index (χ0v) is 7.44. The molecule has 1 amide bonds. The van der Waals surface area contributed by atoms with E-state index in [0.29, 0.717) is 5.75 Å². The lowest BCUT2D eigenvalue weighted by Gasteiger charge is -2.01. The quantitative estimate of drug-likeness (QED) is 0.744. The number of nitrogens with two attached hydrogens (primary N) is 1. The summed E-state index contributed by atoms with van der Waals surface area (Å²) in [5.41, 5.74) is 6.87. The van der Waals surface area contributed by atoms with Crippen molar-refractivity contribution in [2.75, 3.05) is 0 Å². The van der Waals surface area contributed by atoms with Gasteiger partial charge >= 0.3 is 6.09 Å². The second-order valence-corrected chi connectivity index (χ2v) is 2.90. The average molecular weight is 187 g/mol. The second kappa shape index (κ2) is 3.38. The Balaban J connectivity index is 2.52. The fourth-order valence-corrected chi connectivity index (χ4v) is 1.39. The summed E-state index contributed by atoms with van der Waals surface area (Å²) in [5.74, 6) is 0.488. The number of fused-ring (bicyclic) bond motifs is 1. The molecule has 0 spiro atoms. The molecule has 0 saturated carbocycles. The molecule has 2 aliphatic carbocycles. The van der Waals surface area contributed by atoms with Gasteiger partial charge in [-0.1, -0.05) is 36.4 Å². The summed E-state index contributed by atoms with van der Waals surface area (Å²) in [6.45, 7) is 0. The number of rotatable bonds is 1. The van der Waals surface area contributed by atoms with Crippen molar-refractivity contribution >= 4 is 6.09 Å². The largest absolute Gasteiger partial charge is 0.410 e. The van der Waals surface area contributed by atoms with Gasteiger partial charge in [-0.2, -0.15) is 0 Å². The van der Waals surface area contributed by atoms with Gasteiger partial charge in [-0.05, 0) is 11.6 Å². The van der Waals surface area contributed by atoms with Crippen molar-refractivity contribution in [1.29, 1.82) is 0 Å². The molecule has 2 N–H and O–H groups in total. The van der Waals surface area contributed by atoms with Crippen LogP contribution in [-0.4, -0.2) is 6.09 Å². The Kier molecular flexibility index (Phi) is 2.07. The molecule has 2 aliphatic rings. The van der Waals surface area contributed by atoms with Crippen molar-refractivity contribution in [3.8, 4) is 16.9 Å². The lowest BCUT2D eigenvalue weighted by Crippen LogP contribution is -2.16. The highest BCUT2D eigenvalue weighted by Gasteiger charge is 2.08. The lowest BCUT2D eigenvalue weighted by molar-refractivity contribution is 0.211. The van der Waals surface area contributed by atoms with Gasteiger partial charge in [0.1, 0.15) is 5.75 Å². The molecule has 0 aromatic rings. The van der Waals surface area contributed by atoms with Crippen molar-refractivity contribution in [3.05, 3.63) is 42.5 Å². The van der Waals surface area contributed by atoms with Gasteiger partial charge in [0.15, 0.2) is 0 Å². The SMILES string of the molecule is NC(=O)Oc1ccccc2cccc1-2. The van der Waals surface area contributed by atoms with E-state index >= 15 is 0 Å². The van der Waals surface area contributed by atoms with Crippen LogP contribution in [0.4, 0.5) is 4.79 Å². The minimum atomic E-state index is -0.793. The third-order valence-electron chi connectivity index (χ3n) is 1.96. The third-order valence-corrected chi connectivity index (χ3v) is 1.96. The molecule has 0 radical (unpaired) electrons. The van der Waals surface area contributed by atoms with Crippen molar-refractivity contribution in [1.82, 2.24) is 0 Å². The van der Waals surface area contributed by atoms with E-state index in [0.717, 1.165) is 11.1 Å². The fraction of sp³-hybridized carbons (Fsp3) is 0. The highest BCUT2D eigenvalue weighted by molar-refractivity contribution is 5.77. The minimum absolute atomic E-state index is 0.488. The Morgan fingerprint density at radius 1 is 1.07 bits per heavy atom. The number of amides is 1. The molecule has 0 unspecified atom stereocenters. The number of carbonyl (C=O) groups excluding carboxylic acids is 1. The van der Waals surface area contributed by atoms with Gasteiger partial charge in [-0.25, -0.2) is 4.79 Å². The van der Waals surface area contributed by atoms with E-state index in [4.69, 9.17) is 10.5 Å². The van der Waals surface area contributed by atoms with E-state index in [1.165, 1.54) is 0 Å². The molecule has 3 nitrogen and oxygen atoms in total. The Morgan fingerprint density at radius 2 is 1.79 bits per heavy atom. The molecule has 0 aromatic heterocycles. The van der Waals surface area contributed by atoms with Crippen LogP contribution >= 0.6 is 0 Å². The number of hydrogen-bond donors (Lipinski definition) is 1. The maximum atomic E-state index is 10.6. The molecule has 2 rings (SSSR count). The Hall–Kier alpha value is -2.03. The number of hydrogen-bond acceptors (Lipinski definition) is 2. The normalized spacial score (nSPS) is 10.0. The minimum Gasteiger partial charge on any atom is -0.410 e. The van der Waals surface area contributed by atoms with Gasteiger partial charge in [-0.3, -0.25) is 0 Å². The number of primary amides is 1. The van der Waals surface area contributed by atoms with E-state index < -0.39 is 6.09 Å². The molecule has 0 saturated heterocycles. The fourth-order valence-electron chi connectivity index (χ4n) is 1.39. The summed E-state index contributed by atoms with van der Waals surface area (Å²) in [4.78, 5) is 10.6. The second-order valence-electron chi connectivity index (χ2n) is 2.90. The highest BCUT2D eigenvalue weighted by Crippen LogP contribution is 2.31. The van der Waals surface area contributed by atoms with Gasteiger partial charge in [0, 0.05) is 5.56 Å². The van der Waals surface area contributed by atoms with Crippen LogP contribution in [0.15, 0.2) is 42.5 Å². The molecule has 70 valence electrons. The van der Waals surface area contributed by atoms with Gasteiger partial charge < -0.3 is 10.5 Å². The van der Waals surface area contributed by atoms with E-state index in [-0.39, 0.29) is 0 Å². The Bertz CT molecular complexity index is 439. The van der Waals surface area contributed by atoms with Crippen LogP contribution in [0.5, 0.6) is 5.75 Å². The molecule has 0 heterocycles. The molecule has 0 atom stereocenters. The van der Waals surface area contributed by atoms with Crippen molar-refractivity contribution in [3.63, 3.8) is 0 Å². The Morgan fingerprint density at radius 3 is 2.57 bits per heavy atom. The van der Waals surface area contributed by atoms with Crippen LogP contribution in [0.1, 0.15) is 0 Å². The summed E-state index contributed by atoms with van der Waals surface area (Å²) in [7, 11) is 0. The standard InChI is InChI=1S/C11H9NO2/c12-11(13)14-10-7-2-1-4-8-5-3-6-9(8)10/h1-7H,(H2,12,13). The van der Waals surface area contributed by atoms with Crippen molar-refractivity contribution in [2.24, 2.45) is 5.73 Å². The zero-order chi connectivity index (χ0) is 9.97. The lowest BCUT2D eigenvalue weighted by atomic mass is 10.2. The van der Waals surface area contributed by atoms with Crippen molar-refractivity contribution in [2.45, 2.75) is 0 Å². The zero-order valence-electron chi connectivity index (χ0n) is 7.44. The third kappa shape index (κ3) is 1.52. The molecule has 14 heavy (non-hydrogen) atoms. The first-order valence-electron chi connectivity index (χ1n) is 4.22. The van der Waals surface area contributed by atoms with Crippen LogP contribution in [0.2, 0.25) is 0 Å². The molecule has 0 aromatic carbocycles. The maximum Gasteiger partial charge on any atom is 0.409 e. The van der Waals surface area contributed by atoms with Gasteiger partial charge in [0.05, 0.1) is 0 Å². The first kappa shape index (κ1) is 8.56. The number of ether oxygens (including phenoxy) is 1. The van der Waals surface area contributed by atoms with Gasteiger partial charge in [-0.15, -0.1) is 0 Å². The van der Waals surface area contributed by atoms with Crippen LogP contribution in [0.3, 0.4) is 0 Å². The van der Waals surface area contributed by atoms with Gasteiger partial charge in [0.2, 0.25) is 0 Å². The van der Waals surface area contributed by atoms with E-state index in [9.17, 15) is 4.79 Å². The smallest absolute Gasteiger partial charge is 0.409 e. The maximum absolute atomic E-state index is 10.6. The average Bonchev–Trinajstić information content (AvgIpc) is 2.51. The first-order chi connectivity index (χ1) is 6.77. The molecule has 0 fully saturated rings. The predicted molar refractivity (Wildman–Crippen MR) is 53.3 cm³/mol. The van der Waals surface area contributed by atoms with Gasteiger partial charge in [0.25, 0.3) is 0 Å². The first-order valence-corrected chi connectivity index (χ1v) is 4.22. The van der Waals surface area contributed by atoms with Crippen LogP contribution < -0.4 is 10.5 Å². The van der Waals surface area contributed by atoms with Crippen LogP contribution in [-0.2, 0) is 0 Å². The summed E-state index contributed by atoms with van der Waals surface area (Å²) in [6.07, 6.45) is -0.793.